The van der Waals surface area contributed by atoms with Crippen LogP contribution in [0.5, 0.6) is 0 Å². The second-order valence-corrected chi connectivity index (χ2v) is 6.20. The van der Waals surface area contributed by atoms with Gasteiger partial charge in [-0.25, -0.2) is 8.42 Å². The van der Waals surface area contributed by atoms with Gasteiger partial charge in [0.25, 0.3) is 0 Å². The fourth-order valence-corrected chi connectivity index (χ4v) is 3.78. The lowest BCUT2D eigenvalue weighted by atomic mass is 10.3. The van der Waals surface area contributed by atoms with E-state index in [-0.39, 0.29) is 24.2 Å². The van der Waals surface area contributed by atoms with Crippen molar-refractivity contribution in [2.45, 2.75) is 18.7 Å². The third-order valence-electron chi connectivity index (χ3n) is 2.90. The van der Waals surface area contributed by atoms with Gasteiger partial charge in [-0.05, 0) is 24.6 Å². The Balaban J connectivity index is 0.00000162. The van der Waals surface area contributed by atoms with Crippen LogP contribution in [-0.2, 0) is 15.8 Å². The van der Waals surface area contributed by atoms with Crippen molar-refractivity contribution >= 4 is 22.4 Å². The van der Waals surface area contributed by atoms with Crippen molar-refractivity contribution in [1.29, 1.82) is 0 Å². The van der Waals surface area contributed by atoms with Gasteiger partial charge in [0.05, 0.1) is 5.75 Å². The number of piperazine rings is 1. The maximum atomic E-state index is 12.2. The van der Waals surface area contributed by atoms with E-state index in [1.165, 1.54) is 0 Å². The van der Waals surface area contributed by atoms with Crippen LogP contribution in [0.4, 0.5) is 0 Å². The number of sulfonamides is 1. The highest BCUT2D eigenvalue weighted by Gasteiger charge is 2.29. The molecule has 7 heteroatoms. The minimum absolute atomic E-state index is 0. The third kappa shape index (κ3) is 3.65. The van der Waals surface area contributed by atoms with Crippen LogP contribution in [-0.4, -0.2) is 43.4 Å². The minimum Gasteiger partial charge on any atom is -0.314 e. The van der Waals surface area contributed by atoms with E-state index in [2.05, 4.69) is 10.3 Å². The Morgan fingerprint density at radius 1 is 1.44 bits per heavy atom. The Kier molecular flexibility index (Phi) is 5.52. The number of aromatic nitrogens is 1. The van der Waals surface area contributed by atoms with Gasteiger partial charge in [-0.3, -0.25) is 4.98 Å². The van der Waals surface area contributed by atoms with Crippen molar-refractivity contribution in [2.24, 2.45) is 0 Å². The first-order valence-electron chi connectivity index (χ1n) is 5.69. The van der Waals surface area contributed by atoms with Crippen molar-refractivity contribution in [1.82, 2.24) is 14.6 Å². The van der Waals surface area contributed by atoms with Crippen LogP contribution in [0.2, 0.25) is 0 Å². The predicted octanol–water partition coefficient (Wildman–Crippen LogP) is 0.627. The van der Waals surface area contributed by atoms with Crippen LogP contribution >= 0.6 is 12.4 Å². The van der Waals surface area contributed by atoms with Gasteiger partial charge in [-0.15, -0.1) is 12.4 Å². The average Bonchev–Trinajstić information content (AvgIpc) is 2.30. The van der Waals surface area contributed by atoms with E-state index in [0.29, 0.717) is 6.54 Å². The Morgan fingerprint density at radius 2 is 2.11 bits per heavy atom. The van der Waals surface area contributed by atoms with Crippen LogP contribution in [0.15, 0.2) is 24.5 Å². The van der Waals surface area contributed by atoms with Crippen molar-refractivity contribution in [3.63, 3.8) is 0 Å². The molecule has 2 heterocycles. The number of nitrogens with zero attached hydrogens (tertiary/aromatic N) is 2. The molecule has 1 N–H and O–H groups in total. The number of nitrogens with one attached hydrogen (secondary N) is 1. The van der Waals surface area contributed by atoms with Gasteiger partial charge in [0, 0.05) is 38.1 Å². The number of pyridine rings is 1. The van der Waals surface area contributed by atoms with Gasteiger partial charge in [0.15, 0.2) is 0 Å². The number of rotatable bonds is 3. The molecule has 1 atom stereocenters. The highest BCUT2D eigenvalue weighted by Crippen LogP contribution is 2.14. The lowest BCUT2D eigenvalue weighted by Crippen LogP contribution is -2.52. The summed E-state index contributed by atoms with van der Waals surface area (Å²) in [7, 11) is -3.22. The van der Waals surface area contributed by atoms with Crippen LogP contribution < -0.4 is 5.32 Å². The van der Waals surface area contributed by atoms with E-state index in [9.17, 15) is 8.42 Å². The molecule has 18 heavy (non-hydrogen) atoms. The van der Waals surface area contributed by atoms with E-state index in [0.717, 1.165) is 18.7 Å². The summed E-state index contributed by atoms with van der Waals surface area (Å²) >= 11 is 0. The fourth-order valence-electron chi connectivity index (χ4n) is 2.01. The predicted molar refractivity (Wildman–Crippen MR) is 73.1 cm³/mol. The zero-order chi connectivity index (χ0) is 12.3. The topological polar surface area (TPSA) is 62.3 Å². The van der Waals surface area contributed by atoms with Crippen LogP contribution in [0.25, 0.3) is 0 Å². The quantitative estimate of drug-likeness (QED) is 0.887. The smallest absolute Gasteiger partial charge is 0.218 e. The van der Waals surface area contributed by atoms with Crippen LogP contribution in [0.1, 0.15) is 12.5 Å². The molecule has 0 saturated carbocycles. The molecule has 102 valence electrons. The summed E-state index contributed by atoms with van der Waals surface area (Å²) < 4.78 is 26.1. The second kappa shape index (κ2) is 6.47. The van der Waals surface area contributed by atoms with Crippen molar-refractivity contribution in [2.75, 3.05) is 19.6 Å². The Labute approximate surface area is 114 Å². The van der Waals surface area contributed by atoms with Gasteiger partial charge in [0.2, 0.25) is 10.0 Å². The molecule has 1 aliphatic rings. The van der Waals surface area contributed by atoms with Gasteiger partial charge in [-0.1, -0.05) is 0 Å². The molecule has 5 nitrogen and oxygen atoms in total. The van der Waals surface area contributed by atoms with Gasteiger partial charge in [0.1, 0.15) is 0 Å². The molecule has 1 aromatic rings. The number of hydrogen-bond donors (Lipinski definition) is 1. The average molecular weight is 292 g/mol. The molecule has 1 fully saturated rings. The molecule has 1 saturated heterocycles. The molecule has 0 aliphatic carbocycles. The maximum absolute atomic E-state index is 12.2. The Hall–Kier alpha value is -0.690. The first-order chi connectivity index (χ1) is 8.09. The number of hydrogen-bond acceptors (Lipinski definition) is 4. The van der Waals surface area contributed by atoms with Gasteiger partial charge >= 0.3 is 0 Å². The van der Waals surface area contributed by atoms with Crippen molar-refractivity contribution in [3.8, 4) is 0 Å². The highest BCUT2D eigenvalue weighted by atomic mass is 35.5. The molecule has 0 spiro atoms. The van der Waals surface area contributed by atoms with E-state index < -0.39 is 10.0 Å². The summed E-state index contributed by atoms with van der Waals surface area (Å²) in [6.45, 7) is 3.92. The van der Waals surface area contributed by atoms with E-state index >= 15 is 0 Å². The summed E-state index contributed by atoms with van der Waals surface area (Å²) in [5, 5.41) is 3.18. The van der Waals surface area contributed by atoms with Crippen molar-refractivity contribution in [3.05, 3.63) is 30.1 Å². The van der Waals surface area contributed by atoms with E-state index in [1.807, 2.05) is 6.92 Å². The molecule has 1 unspecified atom stereocenters. The molecular formula is C11H18ClN3O2S. The van der Waals surface area contributed by atoms with Crippen LogP contribution in [0, 0.1) is 0 Å². The standard InChI is InChI=1S/C11H17N3O2S.ClH/c1-10-8-13-6-7-14(10)17(15,16)9-11-2-4-12-5-3-11;/h2-5,10,13H,6-9H2,1H3;1H. The maximum Gasteiger partial charge on any atom is 0.218 e. The summed E-state index contributed by atoms with van der Waals surface area (Å²) in [5.41, 5.74) is 0.783. The SMILES string of the molecule is CC1CNCCN1S(=O)(=O)Cc1ccncc1.Cl. The molecular weight excluding hydrogens is 274 g/mol. The summed E-state index contributed by atoms with van der Waals surface area (Å²) in [4.78, 5) is 3.88. The van der Waals surface area contributed by atoms with Gasteiger partial charge < -0.3 is 5.32 Å². The van der Waals surface area contributed by atoms with Crippen LogP contribution in [0.3, 0.4) is 0 Å². The second-order valence-electron chi connectivity index (χ2n) is 4.28. The molecule has 0 radical (unpaired) electrons. The highest BCUT2D eigenvalue weighted by molar-refractivity contribution is 7.88. The van der Waals surface area contributed by atoms with Crippen molar-refractivity contribution < 1.29 is 8.42 Å². The first kappa shape index (κ1) is 15.4. The van der Waals surface area contributed by atoms with E-state index in [1.54, 1.807) is 28.8 Å². The monoisotopic (exact) mass is 291 g/mol. The third-order valence-corrected chi connectivity index (χ3v) is 4.85. The van der Waals surface area contributed by atoms with Gasteiger partial charge in [-0.2, -0.15) is 4.31 Å². The minimum atomic E-state index is -3.22. The molecule has 1 aromatic heterocycles. The zero-order valence-corrected chi connectivity index (χ0v) is 11.9. The summed E-state index contributed by atoms with van der Waals surface area (Å²) in [6.07, 6.45) is 3.23. The largest absolute Gasteiger partial charge is 0.314 e. The first-order valence-corrected chi connectivity index (χ1v) is 7.29. The zero-order valence-electron chi connectivity index (χ0n) is 10.2. The molecule has 2 rings (SSSR count). The fraction of sp³-hybridized carbons (Fsp3) is 0.545. The number of halogens is 1. The Morgan fingerprint density at radius 3 is 2.72 bits per heavy atom. The normalized spacial score (nSPS) is 21.3. The van der Waals surface area contributed by atoms with E-state index in [4.69, 9.17) is 0 Å². The summed E-state index contributed by atoms with van der Waals surface area (Å²) in [6, 6.07) is 3.50. The molecule has 0 bridgehead atoms. The lowest BCUT2D eigenvalue weighted by molar-refractivity contribution is 0.283. The molecule has 0 amide bonds. The summed E-state index contributed by atoms with van der Waals surface area (Å²) in [5.74, 6) is 0.0554. The Bertz CT molecular complexity index is 466. The molecule has 0 aromatic carbocycles. The lowest BCUT2D eigenvalue weighted by Gasteiger charge is -2.32. The molecule has 1 aliphatic heterocycles.